The van der Waals surface area contributed by atoms with Crippen molar-refractivity contribution in [1.29, 1.82) is 0 Å². The minimum atomic E-state index is -4.31. The van der Waals surface area contributed by atoms with Crippen LogP contribution in [0.1, 0.15) is 25.3 Å². The molecule has 0 atom stereocenters. The SMILES string of the molecule is CC(C)c1ccccc1N(CC(=O)O)S(=O)(=O)c1cccc([N+](=O)[O-])c1. The van der Waals surface area contributed by atoms with E-state index in [4.69, 9.17) is 0 Å². The first-order valence-corrected chi connectivity index (χ1v) is 9.16. The van der Waals surface area contributed by atoms with Crippen LogP contribution in [0.4, 0.5) is 11.4 Å². The van der Waals surface area contributed by atoms with Crippen LogP contribution in [0.15, 0.2) is 53.4 Å². The van der Waals surface area contributed by atoms with E-state index in [1.54, 1.807) is 18.2 Å². The van der Waals surface area contributed by atoms with Gasteiger partial charge in [0.25, 0.3) is 15.7 Å². The monoisotopic (exact) mass is 378 g/mol. The second-order valence-electron chi connectivity index (χ2n) is 5.87. The van der Waals surface area contributed by atoms with Gasteiger partial charge < -0.3 is 5.11 Å². The number of carboxylic acid groups (broad SMARTS) is 1. The van der Waals surface area contributed by atoms with Crippen LogP contribution in [0.5, 0.6) is 0 Å². The molecular formula is C17H18N2O6S. The Kier molecular flexibility index (Phi) is 5.61. The van der Waals surface area contributed by atoms with Gasteiger partial charge >= 0.3 is 5.97 Å². The Morgan fingerprint density at radius 2 is 1.85 bits per heavy atom. The third-order valence-corrected chi connectivity index (χ3v) is 5.48. The second-order valence-corrected chi connectivity index (χ2v) is 7.74. The molecule has 0 aromatic heterocycles. The molecule has 2 aromatic carbocycles. The molecule has 9 heteroatoms. The number of anilines is 1. The van der Waals surface area contributed by atoms with Gasteiger partial charge in [-0.3, -0.25) is 19.2 Å². The quantitative estimate of drug-likeness (QED) is 0.584. The fourth-order valence-electron chi connectivity index (χ4n) is 2.51. The van der Waals surface area contributed by atoms with Crippen LogP contribution in [0, 0.1) is 10.1 Å². The van der Waals surface area contributed by atoms with Gasteiger partial charge in [0, 0.05) is 12.1 Å². The predicted octanol–water partition coefficient (Wildman–Crippen LogP) is 3.00. The molecule has 0 saturated carbocycles. The fraction of sp³-hybridized carbons (Fsp3) is 0.235. The Bertz CT molecular complexity index is 940. The summed E-state index contributed by atoms with van der Waals surface area (Å²) >= 11 is 0. The maximum absolute atomic E-state index is 13.1. The highest BCUT2D eigenvalue weighted by Gasteiger charge is 2.30. The Labute approximate surface area is 150 Å². The molecular weight excluding hydrogens is 360 g/mol. The first-order chi connectivity index (χ1) is 12.1. The topological polar surface area (TPSA) is 118 Å². The van der Waals surface area contributed by atoms with Gasteiger partial charge in [-0.2, -0.15) is 0 Å². The van der Waals surface area contributed by atoms with E-state index in [-0.39, 0.29) is 16.5 Å². The van der Waals surface area contributed by atoms with Crippen LogP contribution in [0.3, 0.4) is 0 Å². The third-order valence-electron chi connectivity index (χ3n) is 3.72. The van der Waals surface area contributed by atoms with Gasteiger partial charge in [0.1, 0.15) is 6.54 Å². The first-order valence-electron chi connectivity index (χ1n) is 7.72. The van der Waals surface area contributed by atoms with Gasteiger partial charge in [-0.25, -0.2) is 8.42 Å². The van der Waals surface area contributed by atoms with Gasteiger partial charge in [0.05, 0.1) is 15.5 Å². The lowest BCUT2D eigenvalue weighted by Gasteiger charge is -2.26. The molecule has 0 saturated heterocycles. The summed E-state index contributed by atoms with van der Waals surface area (Å²) in [5.41, 5.74) is 0.498. The van der Waals surface area contributed by atoms with E-state index < -0.39 is 33.1 Å². The lowest BCUT2D eigenvalue weighted by molar-refractivity contribution is -0.385. The zero-order valence-corrected chi connectivity index (χ0v) is 15.0. The number of hydrogen-bond donors (Lipinski definition) is 1. The summed E-state index contributed by atoms with van der Waals surface area (Å²) in [6.45, 7) is 2.92. The van der Waals surface area contributed by atoms with E-state index >= 15 is 0 Å². The first kappa shape index (κ1) is 19.4. The zero-order valence-electron chi connectivity index (χ0n) is 14.2. The van der Waals surface area contributed by atoms with Crippen molar-refractivity contribution in [1.82, 2.24) is 0 Å². The van der Waals surface area contributed by atoms with Gasteiger partial charge in [-0.1, -0.05) is 38.1 Å². The Morgan fingerprint density at radius 1 is 1.19 bits per heavy atom. The number of benzene rings is 2. The average molecular weight is 378 g/mol. The summed E-state index contributed by atoms with van der Waals surface area (Å²) in [5, 5.41) is 20.2. The van der Waals surface area contributed by atoms with Crippen LogP contribution in [0.2, 0.25) is 0 Å². The second kappa shape index (κ2) is 7.52. The number of sulfonamides is 1. The van der Waals surface area contributed by atoms with E-state index in [1.165, 1.54) is 24.3 Å². The fourth-order valence-corrected chi connectivity index (χ4v) is 3.99. The molecule has 0 aliphatic rings. The van der Waals surface area contributed by atoms with Crippen molar-refractivity contribution in [3.63, 3.8) is 0 Å². The highest BCUT2D eigenvalue weighted by atomic mass is 32.2. The molecule has 0 aliphatic carbocycles. The summed E-state index contributed by atoms with van der Waals surface area (Å²) in [7, 11) is -4.31. The summed E-state index contributed by atoms with van der Waals surface area (Å²) in [6.07, 6.45) is 0. The van der Waals surface area contributed by atoms with Crippen molar-refractivity contribution in [3.05, 3.63) is 64.2 Å². The predicted molar refractivity (Wildman–Crippen MR) is 95.8 cm³/mol. The van der Waals surface area contributed by atoms with Crippen molar-refractivity contribution < 1.29 is 23.2 Å². The van der Waals surface area contributed by atoms with Crippen LogP contribution >= 0.6 is 0 Å². The Hall–Kier alpha value is -2.94. The van der Waals surface area contributed by atoms with Gasteiger partial charge in [0.2, 0.25) is 0 Å². The molecule has 2 aromatic rings. The summed E-state index contributed by atoms with van der Waals surface area (Å²) in [6, 6.07) is 11.1. The molecule has 138 valence electrons. The van der Waals surface area contributed by atoms with Gasteiger partial charge in [0.15, 0.2) is 0 Å². The molecule has 0 spiro atoms. The zero-order chi connectivity index (χ0) is 19.5. The minimum Gasteiger partial charge on any atom is -0.480 e. The molecule has 26 heavy (non-hydrogen) atoms. The molecule has 0 heterocycles. The number of non-ortho nitro benzene ring substituents is 1. The molecule has 0 fully saturated rings. The van der Waals surface area contributed by atoms with Crippen molar-refractivity contribution >= 4 is 27.4 Å². The van der Waals surface area contributed by atoms with Crippen LogP contribution in [0.25, 0.3) is 0 Å². The van der Waals surface area contributed by atoms with Crippen molar-refractivity contribution in [3.8, 4) is 0 Å². The highest BCUT2D eigenvalue weighted by Crippen LogP contribution is 2.32. The molecule has 8 nitrogen and oxygen atoms in total. The Balaban J connectivity index is 2.65. The standard InChI is InChI=1S/C17H18N2O6S/c1-12(2)15-8-3-4-9-16(15)18(11-17(20)21)26(24,25)14-7-5-6-13(10-14)19(22)23/h3-10,12H,11H2,1-2H3,(H,20,21). The van der Waals surface area contributed by atoms with Crippen LogP contribution in [-0.2, 0) is 14.8 Å². The molecule has 0 unspecified atom stereocenters. The molecule has 1 N–H and O–H groups in total. The smallest absolute Gasteiger partial charge is 0.324 e. The summed E-state index contributed by atoms with van der Waals surface area (Å²) < 4.78 is 26.9. The van der Waals surface area contributed by atoms with Gasteiger partial charge in [-0.05, 0) is 23.6 Å². The van der Waals surface area contributed by atoms with E-state index in [2.05, 4.69) is 0 Å². The number of hydrogen-bond acceptors (Lipinski definition) is 5. The number of carboxylic acids is 1. The maximum Gasteiger partial charge on any atom is 0.324 e. The van der Waals surface area contributed by atoms with E-state index in [0.717, 1.165) is 10.4 Å². The average Bonchev–Trinajstić information content (AvgIpc) is 2.59. The maximum atomic E-state index is 13.1. The van der Waals surface area contributed by atoms with Crippen LogP contribution < -0.4 is 4.31 Å². The minimum absolute atomic E-state index is 0.0530. The number of carbonyl (C=O) groups is 1. The number of para-hydroxylation sites is 1. The summed E-state index contributed by atoms with van der Waals surface area (Å²) in [4.78, 5) is 21.2. The third kappa shape index (κ3) is 3.99. The van der Waals surface area contributed by atoms with Crippen molar-refractivity contribution in [2.75, 3.05) is 10.8 Å². The number of rotatable bonds is 7. The highest BCUT2D eigenvalue weighted by molar-refractivity contribution is 7.92. The number of aliphatic carboxylic acids is 1. The number of nitro groups is 1. The lowest BCUT2D eigenvalue weighted by atomic mass is 10.0. The van der Waals surface area contributed by atoms with Gasteiger partial charge in [-0.15, -0.1) is 0 Å². The molecule has 0 amide bonds. The number of nitro benzene ring substituents is 1. The lowest BCUT2D eigenvalue weighted by Crippen LogP contribution is -2.36. The van der Waals surface area contributed by atoms with Crippen molar-refractivity contribution in [2.45, 2.75) is 24.7 Å². The Morgan fingerprint density at radius 3 is 2.42 bits per heavy atom. The largest absolute Gasteiger partial charge is 0.480 e. The molecule has 0 radical (unpaired) electrons. The van der Waals surface area contributed by atoms with E-state index in [9.17, 15) is 28.4 Å². The van der Waals surface area contributed by atoms with E-state index in [1.807, 2.05) is 13.8 Å². The van der Waals surface area contributed by atoms with Crippen LogP contribution in [-0.4, -0.2) is 31.0 Å². The molecule has 0 bridgehead atoms. The van der Waals surface area contributed by atoms with E-state index in [0.29, 0.717) is 5.56 Å². The molecule has 2 rings (SSSR count). The normalized spacial score (nSPS) is 11.3. The molecule has 0 aliphatic heterocycles. The number of nitrogens with zero attached hydrogens (tertiary/aromatic N) is 2. The van der Waals surface area contributed by atoms with Crippen molar-refractivity contribution in [2.24, 2.45) is 0 Å². The summed E-state index contributed by atoms with van der Waals surface area (Å²) in [5.74, 6) is -1.39.